The average molecular weight is 620 g/mol. The molecule has 0 saturated carbocycles. The highest BCUT2D eigenvalue weighted by atomic mass is 19.4. The highest BCUT2D eigenvalue weighted by molar-refractivity contribution is 5.80. The lowest BCUT2D eigenvalue weighted by molar-refractivity contribution is -0.305. The number of alkyl halides is 6. The number of nitrogens with zero attached hydrogens (tertiary/aromatic N) is 5. The van der Waals surface area contributed by atoms with Gasteiger partial charge in [0.25, 0.3) is 12.5 Å². The van der Waals surface area contributed by atoms with E-state index < -0.39 is 42.7 Å². The Morgan fingerprint density at radius 3 is 2.19 bits per heavy atom. The third-order valence-corrected chi connectivity index (χ3v) is 6.36. The number of hydrogen-bond acceptors (Lipinski definition) is 10. The van der Waals surface area contributed by atoms with E-state index in [1.54, 1.807) is 38.5 Å². The Balaban J connectivity index is 1.37. The maximum Gasteiger partial charge on any atom is 0.439 e. The second kappa shape index (κ2) is 13.2. The molecular formula is C26H27F6N5O6. The molecule has 3 heterocycles. The predicted octanol–water partition coefficient (Wildman–Crippen LogP) is 4.34. The van der Waals surface area contributed by atoms with Gasteiger partial charge in [-0.2, -0.15) is 22.0 Å². The van der Waals surface area contributed by atoms with Crippen molar-refractivity contribution in [3.05, 3.63) is 54.5 Å². The Morgan fingerprint density at radius 1 is 0.930 bits per heavy atom. The second-order valence-corrected chi connectivity index (χ2v) is 9.21. The van der Waals surface area contributed by atoms with E-state index >= 15 is 0 Å². The third-order valence-electron chi connectivity index (χ3n) is 6.36. The monoisotopic (exact) mass is 619 g/mol. The number of oxime groups is 1. The van der Waals surface area contributed by atoms with Gasteiger partial charge in [0.15, 0.2) is 17.7 Å². The predicted molar refractivity (Wildman–Crippen MR) is 137 cm³/mol. The van der Waals surface area contributed by atoms with Crippen LogP contribution in [0.2, 0.25) is 0 Å². The fraction of sp³-hybridized carbons (Fsp3) is 0.462. The summed E-state index contributed by atoms with van der Waals surface area (Å²) in [7, 11) is 4.60. The van der Waals surface area contributed by atoms with Crippen molar-refractivity contribution in [3.8, 4) is 23.0 Å². The molecule has 0 spiro atoms. The summed E-state index contributed by atoms with van der Waals surface area (Å²) in [6, 6.07) is 8.91. The molecule has 11 nitrogen and oxygen atoms in total. The molecule has 4 rings (SSSR count). The summed E-state index contributed by atoms with van der Waals surface area (Å²) in [5.74, 6) is -0.407. The van der Waals surface area contributed by atoms with Crippen LogP contribution in [0.4, 0.5) is 26.3 Å². The van der Waals surface area contributed by atoms with Crippen LogP contribution in [-0.2, 0) is 23.8 Å². The van der Waals surface area contributed by atoms with E-state index in [0.29, 0.717) is 17.3 Å². The van der Waals surface area contributed by atoms with Crippen LogP contribution in [0.1, 0.15) is 12.5 Å². The Morgan fingerprint density at radius 2 is 1.60 bits per heavy atom. The Bertz CT molecular complexity index is 1360. The second-order valence-electron chi connectivity index (χ2n) is 9.21. The number of halogens is 6. The maximum atomic E-state index is 13.5. The number of benzene rings is 1. The molecule has 1 fully saturated rings. The standard InChI is InChI=1S/C26H27F6N5O6/c1-14-19(38-2)20(39-3)21(40-4)23(41-14)43-35-11-15-5-7-16(8-6-15)22-34-13-37(36-22)18-10-9-17(12-33-18)42-26(31,32)24(27)25(28,29)30/h5-14,19-21,23-24H,1-4H3/b35-11+/t14-,19-,20+,21+,23-,24?/m0/s1. The number of pyridine rings is 1. The van der Waals surface area contributed by atoms with Crippen molar-refractivity contribution >= 4 is 6.21 Å². The number of hydrogen-bond donors (Lipinski definition) is 0. The molecule has 3 aromatic rings. The smallest absolute Gasteiger partial charge is 0.428 e. The van der Waals surface area contributed by atoms with E-state index in [-0.39, 0.29) is 23.9 Å². The average Bonchev–Trinajstić information content (AvgIpc) is 3.47. The van der Waals surface area contributed by atoms with Crippen molar-refractivity contribution in [2.75, 3.05) is 21.3 Å². The van der Waals surface area contributed by atoms with E-state index in [2.05, 4.69) is 25.0 Å². The first-order valence-corrected chi connectivity index (χ1v) is 12.6. The van der Waals surface area contributed by atoms with Crippen molar-refractivity contribution in [1.82, 2.24) is 19.7 Å². The van der Waals surface area contributed by atoms with Crippen molar-refractivity contribution < 1.29 is 54.9 Å². The minimum absolute atomic E-state index is 0.0871. The molecule has 17 heteroatoms. The molecule has 0 N–H and O–H groups in total. The van der Waals surface area contributed by atoms with Gasteiger partial charge in [-0.25, -0.2) is 19.0 Å². The summed E-state index contributed by atoms with van der Waals surface area (Å²) >= 11 is 0. The van der Waals surface area contributed by atoms with Gasteiger partial charge in [-0.05, 0) is 24.6 Å². The summed E-state index contributed by atoms with van der Waals surface area (Å²) in [6.07, 6.45) is -14.6. The normalized spacial score (nSPS) is 23.8. The number of ether oxygens (including phenoxy) is 5. The van der Waals surface area contributed by atoms with Crippen LogP contribution < -0.4 is 4.74 Å². The molecular weight excluding hydrogens is 592 g/mol. The van der Waals surface area contributed by atoms with E-state index in [0.717, 1.165) is 12.1 Å². The first-order valence-electron chi connectivity index (χ1n) is 12.6. The van der Waals surface area contributed by atoms with Crippen LogP contribution in [0.3, 0.4) is 0 Å². The highest BCUT2D eigenvalue weighted by Crippen LogP contribution is 2.36. The minimum atomic E-state index is -5.80. The first kappa shape index (κ1) is 32.1. The molecule has 2 aromatic heterocycles. The number of methoxy groups -OCH3 is 3. The summed E-state index contributed by atoms with van der Waals surface area (Å²) in [4.78, 5) is 13.5. The number of rotatable bonds is 11. The zero-order chi connectivity index (χ0) is 31.4. The molecule has 43 heavy (non-hydrogen) atoms. The van der Waals surface area contributed by atoms with Gasteiger partial charge in [-0.15, -0.1) is 5.10 Å². The highest BCUT2D eigenvalue weighted by Gasteiger charge is 2.59. The Hall–Kier alpha value is -3.80. The van der Waals surface area contributed by atoms with E-state index in [9.17, 15) is 26.3 Å². The van der Waals surface area contributed by atoms with E-state index in [4.69, 9.17) is 23.8 Å². The largest absolute Gasteiger partial charge is 0.439 e. The molecule has 1 saturated heterocycles. The minimum Gasteiger partial charge on any atom is -0.428 e. The molecule has 0 radical (unpaired) electrons. The van der Waals surface area contributed by atoms with Gasteiger partial charge in [0, 0.05) is 26.9 Å². The number of aromatic nitrogens is 4. The van der Waals surface area contributed by atoms with Gasteiger partial charge >= 0.3 is 12.3 Å². The molecule has 1 aromatic carbocycles. The van der Waals surface area contributed by atoms with Gasteiger partial charge in [-0.3, -0.25) is 0 Å². The Labute approximate surface area is 241 Å². The maximum absolute atomic E-state index is 13.5. The van der Waals surface area contributed by atoms with Crippen LogP contribution in [0.15, 0.2) is 54.1 Å². The molecule has 1 aliphatic rings. The lowest BCUT2D eigenvalue weighted by atomic mass is 9.99. The fourth-order valence-electron chi connectivity index (χ4n) is 4.24. The van der Waals surface area contributed by atoms with E-state index in [1.165, 1.54) is 24.3 Å². The summed E-state index contributed by atoms with van der Waals surface area (Å²) in [5.41, 5.74) is 1.28. The van der Waals surface area contributed by atoms with Crippen molar-refractivity contribution in [2.45, 2.75) is 56.1 Å². The summed E-state index contributed by atoms with van der Waals surface area (Å²) in [5, 5.41) is 8.27. The first-order chi connectivity index (χ1) is 20.4. The molecule has 1 unspecified atom stereocenters. The Kier molecular flexibility index (Phi) is 9.89. The summed E-state index contributed by atoms with van der Waals surface area (Å²) < 4.78 is 104. The van der Waals surface area contributed by atoms with Crippen LogP contribution in [0.25, 0.3) is 17.2 Å². The quantitative estimate of drug-likeness (QED) is 0.176. The lowest BCUT2D eigenvalue weighted by Gasteiger charge is -2.42. The molecule has 0 bridgehead atoms. The van der Waals surface area contributed by atoms with Gasteiger partial charge in [-0.1, -0.05) is 29.4 Å². The van der Waals surface area contributed by atoms with Crippen molar-refractivity contribution in [1.29, 1.82) is 0 Å². The lowest BCUT2D eigenvalue weighted by Crippen LogP contribution is -2.59. The van der Waals surface area contributed by atoms with E-state index in [1.807, 2.05) is 6.92 Å². The van der Waals surface area contributed by atoms with Crippen LogP contribution >= 0.6 is 0 Å². The zero-order valence-electron chi connectivity index (χ0n) is 23.1. The fourth-order valence-corrected chi connectivity index (χ4v) is 4.24. The molecule has 234 valence electrons. The van der Waals surface area contributed by atoms with Crippen molar-refractivity contribution in [3.63, 3.8) is 0 Å². The van der Waals surface area contributed by atoms with Crippen LogP contribution in [-0.4, -0.2) is 96.5 Å². The molecule has 0 aliphatic carbocycles. The van der Waals surface area contributed by atoms with Gasteiger partial charge in [0.1, 0.15) is 24.3 Å². The van der Waals surface area contributed by atoms with Crippen LogP contribution in [0, 0.1) is 0 Å². The van der Waals surface area contributed by atoms with Gasteiger partial charge in [0.2, 0.25) is 0 Å². The SMILES string of the molecule is CO[C@@H]1[C@@H](OC)[C@H](C)O[C@@H](O/N=C/c2ccc(-c3ncn(-c4ccc(OC(F)(F)C(F)C(F)(F)F)cn4)n3)cc2)[C@@H]1OC. The van der Waals surface area contributed by atoms with Gasteiger partial charge in [0.05, 0.1) is 18.5 Å². The van der Waals surface area contributed by atoms with Crippen LogP contribution in [0.5, 0.6) is 5.75 Å². The third kappa shape index (κ3) is 7.41. The topological polar surface area (TPSA) is 111 Å². The molecule has 6 atom stereocenters. The molecule has 1 aliphatic heterocycles. The summed E-state index contributed by atoms with van der Waals surface area (Å²) in [6.45, 7) is 1.83. The van der Waals surface area contributed by atoms with Crippen molar-refractivity contribution in [2.24, 2.45) is 5.16 Å². The molecule has 0 amide bonds. The zero-order valence-corrected chi connectivity index (χ0v) is 23.1. The van der Waals surface area contributed by atoms with Gasteiger partial charge < -0.3 is 28.5 Å².